The first kappa shape index (κ1) is 24.0. The Balaban J connectivity index is 1.54. The van der Waals surface area contributed by atoms with E-state index in [0.29, 0.717) is 18.7 Å². The molecule has 0 saturated carbocycles. The number of rotatable bonds is 6. The normalized spacial score (nSPS) is 13.0. The number of hydrogen-bond acceptors (Lipinski definition) is 5. The number of nitrogens with zero attached hydrogens (tertiary/aromatic N) is 4. The van der Waals surface area contributed by atoms with Crippen molar-refractivity contribution in [1.29, 1.82) is 0 Å². The van der Waals surface area contributed by atoms with Gasteiger partial charge in [0.15, 0.2) is 11.5 Å². The molecule has 0 fully saturated rings. The summed E-state index contributed by atoms with van der Waals surface area (Å²) in [7, 11) is 0. The third kappa shape index (κ3) is 5.20. The number of anilines is 1. The highest BCUT2D eigenvalue weighted by Crippen LogP contribution is 2.39. The number of carbonyl (C=O) groups excluding carboxylic acids is 1. The average molecular weight is 491 g/mol. The summed E-state index contributed by atoms with van der Waals surface area (Å²) in [4.78, 5) is 16.6. The number of hydrogen-bond donors (Lipinski definition) is 1. The molecule has 1 N–H and O–H groups in total. The Morgan fingerprint density at radius 1 is 1.11 bits per heavy atom. The Morgan fingerprint density at radius 2 is 1.89 bits per heavy atom. The van der Waals surface area contributed by atoms with Crippen LogP contribution in [0, 0.1) is 0 Å². The Labute approximate surface area is 195 Å². The van der Waals surface area contributed by atoms with Crippen LogP contribution in [0.4, 0.5) is 27.6 Å². The smallest absolute Gasteiger partial charge is 0.354 e. The second-order valence-electron chi connectivity index (χ2n) is 7.82. The second kappa shape index (κ2) is 8.93. The van der Waals surface area contributed by atoms with E-state index >= 15 is 0 Å². The molecule has 1 atom stereocenters. The van der Waals surface area contributed by atoms with E-state index in [1.165, 1.54) is 30.1 Å². The van der Waals surface area contributed by atoms with Gasteiger partial charge in [-0.1, -0.05) is 23.4 Å². The quantitative estimate of drug-likeness (QED) is 0.338. The van der Waals surface area contributed by atoms with Crippen molar-refractivity contribution in [1.82, 2.24) is 19.9 Å². The van der Waals surface area contributed by atoms with Gasteiger partial charge in [0.1, 0.15) is 5.69 Å². The monoisotopic (exact) mass is 491 g/mol. The summed E-state index contributed by atoms with van der Waals surface area (Å²) < 4.78 is 74.4. The van der Waals surface area contributed by atoms with Crippen LogP contribution < -0.4 is 5.32 Å². The summed E-state index contributed by atoms with van der Waals surface area (Å²) in [5.74, 6) is -3.78. The molecule has 4 rings (SSSR count). The number of halogens is 5. The van der Waals surface area contributed by atoms with Gasteiger partial charge < -0.3 is 9.84 Å². The summed E-state index contributed by atoms with van der Waals surface area (Å²) in [6, 6.07) is 7.97. The van der Waals surface area contributed by atoms with Crippen molar-refractivity contribution >= 4 is 11.6 Å². The number of nitrogens with one attached hydrogen (secondary N) is 1. The third-order valence-corrected chi connectivity index (χ3v) is 5.23. The van der Waals surface area contributed by atoms with Gasteiger partial charge in [0.05, 0.1) is 23.5 Å². The predicted octanol–water partition coefficient (Wildman–Crippen LogP) is 5.93. The number of carbonyl (C=O) groups is 1. The zero-order chi connectivity index (χ0) is 25.4. The molecule has 12 heteroatoms. The molecule has 0 unspecified atom stereocenters. The number of amides is 1. The Bertz CT molecular complexity index is 1340. The summed E-state index contributed by atoms with van der Waals surface area (Å²) >= 11 is 0. The molecule has 4 aromatic rings. The third-order valence-electron chi connectivity index (χ3n) is 5.23. The van der Waals surface area contributed by atoms with Gasteiger partial charge in [-0.3, -0.25) is 14.5 Å². The summed E-state index contributed by atoms with van der Waals surface area (Å²) in [6.07, 6.45) is -0.729. The van der Waals surface area contributed by atoms with Gasteiger partial charge in [0, 0.05) is 30.9 Å². The zero-order valence-corrected chi connectivity index (χ0v) is 18.3. The molecule has 0 aliphatic rings. The van der Waals surface area contributed by atoms with Crippen LogP contribution in [0.25, 0.3) is 11.5 Å². The maximum atomic E-state index is 13.6. The molecule has 3 heterocycles. The summed E-state index contributed by atoms with van der Waals surface area (Å²) in [5.41, 5.74) is -1.55. The molecular weight excluding hydrogens is 473 g/mol. The summed E-state index contributed by atoms with van der Waals surface area (Å²) in [6.45, 7) is 1.96. The van der Waals surface area contributed by atoms with E-state index < -0.39 is 35.2 Å². The predicted molar refractivity (Wildman–Crippen MR) is 115 cm³/mol. The Hall–Kier alpha value is -4.09. The van der Waals surface area contributed by atoms with Gasteiger partial charge >= 0.3 is 6.18 Å². The van der Waals surface area contributed by atoms with Crippen molar-refractivity contribution in [2.45, 2.75) is 32.0 Å². The van der Waals surface area contributed by atoms with Crippen LogP contribution in [0.1, 0.15) is 47.1 Å². The van der Waals surface area contributed by atoms with Crippen molar-refractivity contribution in [2.75, 3.05) is 5.32 Å². The molecule has 0 aliphatic carbocycles. The highest BCUT2D eigenvalue weighted by atomic mass is 19.4. The fourth-order valence-corrected chi connectivity index (χ4v) is 3.40. The first-order valence-electron chi connectivity index (χ1n) is 10.3. The topological polar surface area (TPSA) is 85.8 Å². The fraction of sp³-hybridized carbons (Fsp3) is 0.217. The highest BCUT2D eigenvalue weighted by molar-refractivity contribution is 6.03. The SMILES string of the molecule is C[C@@H](c1ccc(C(C)(F)F)cc1C(F)(F)F)n1cc(NC(=O)c2cc(-c3ccccn3)on2)cn1. The molecule has 0 spiro atoms. The number of alkyl halides is 5. The molecule has 0 saturated heterocycles. The fourth-order valence-electron chi connectivity index (χ4n) is 3.40. The van der Waals surface area contributed by atoms with Gasteiger partial charge in [0.2, 0.25) is 0 Å². The standard InChI is InChI=1S/C23H18F5N5O2/c1-13(16-7-6-14(22(2,24)25)9-17(16)23(26,27)28)33-12-15(11-30-33)31-21(34)19-10-20(35-32-19)18-5-3-4-8-29-18/h3-13H,1-2H3,(H,31,34)/t13-/m0/s1. The maximum Gasteiger partial charge on any atom is 0.416 e. The Morgan fingerprint density at radius 3 is 2.54 bits per heavy atom. The van der Waals surface area contributed by atoms with Crippen molar-refractivity contribution < 1.29 is 31.3 Å². The number of benzene rings is 1. The number of pyridine rings is 1. The van der Waals surface area contributed by atoms with E-state index in [2.05, 4.69) is 20.6 Å². The largest absolute Gasteiger partial charge is 0.416 e. The van der Waals surface area contributed by atoms with Crippen molar-refractivity contribution in [3.05, 3.63) is 83.4 Å². The lowest BCUT2D eigenvalue weighted by Crippen LogP contribution is -2.18. The molecule has 0 aliphatic heterocycles. The van der Waals surface area contributed by atoms with Crippen molar-refractivity contribution in [3.63, 3.8) is 0 Å². The number of aromatic nitrogens is 4. The van der Waals surface area contributed by atoms with Gasteiger partial charge in [-0.2, -0.15) is 18.3 Å². The first-order valence-corrected chi connectivity index (χ1v) is 10.3. The molecule has 0 radical (unpaired) electrons. The van der Waals surface area contributed by atoms with E-state index in [1.807, 2.05) is 0 Å². The lowest BCUT2D eigenvalue weighted by molar-refractivity contribution is -0.138. The first-order chi connectivity index (χ1) is 16.4. The van der Waals surface area contributed by atoms with E-state index in [-0.39, 0.29) is 22.7 Å². The highest BCUT2D eigenvalue weighted by Gasteiger charge is 2.37. The van der Waals surface area contributed by atoms with Gasteiger partial charge in [-0.15, -0.1) is 0 Å². The molecule has 1 amide bonds. The van der Waals surface area contributed by atoms with Crippen molar-refractivity contribution in [3.8, 4) is 11.5 Å². The molecule has 182 valence electrons. The molecule has 0 bridgehead atoms. The zero-order valence-electron chi connectivity index (χ0n) is 18.3. The van der Waals surface area contributed by atoms with Crippen LogP contribution in [0.2, 0.25) is 0 Å². The van der Waals surface area contributed by atoms with Crippen LogP contribution >= 0.6 is 0 Å². The van der Waals surface area contributed by atoms with Crippen LogP contribution in [-0.4, -0.2) is 25.8 Å². The van der Waals surface area contributed by atoms with Crippen LogP contribution in [0.5, 0.6) is 0 Å². The van der Waals surface area contributed by atoms with Gasteiger partial charge in [0.25, 0.3) is 11.8 Å². The minimum absolute atomic E-state index is 0.0399. The van der Waals surface area contributed by atoms with Gasteiger partial charge in [-0.05, 0) is 30.7 Å². The van der Waals surface area contributed by atoms with E-state index in [9.17, 15) is 26.7 Å². The second-order valence-corrected chi connectivity index (χ2v) is 7.82. The molecule has 1 aromatic carbocycles. The summed E-state index contributed by atoms with van der Waals surface area (Å²) in [5, 5.41) is 10.3. The molecule has 3 aromatic heterocycles. The minimum Gasteiger partial charge on any atom is -0.354 e. The van der Waals surface area contributed by atoms with E-state index in [0.717, 1.165) is 12.1 Å². The molecular formula is C23H18F5N5O2. The van der Waals surface area contributed by atoms with Gasteiger partial charge in [-0.25, -0.2) is 8.78 Å². The average Bonchev–Trinajstić information content (AvgIpc) is 3.48. The van der Waals surface area contributed by atoms with E-state index in [4.69, 9.17) is 4.52 Å². The van der Waals surface area contributed by atoms with Crippen LogP contribution in [0.15, 0.2) is 65.6 Å². The Kier molecular flexibility index (Phi) is 6.14. The molecule has 7 nitrogen and oxygen atoms in total. The molecule has 35 heavy (non-hydrogen) atoms. The van der Waals surface area contributed by atoms with E-state index in [1.54, 1.807) is 24.4 Å². The lowest BCUT2D eigenvalue weighted by atomic mass is 9.96. The maximum absolute atomic E-state index is 13.6. The van der Waals surface area contributed by atoms with Crippen LogP contribution in [0.3, 0.4) is 0 Å². The van der Waals surface area contributed by atoms with Crippen LogP contribution in [-0.2, 0) is 12.1 Å². The van der Waals surface area contributed by atoms with Crippen molar-refractivity contribution in [2.24, 2.45) is 0 Å². The minimum atomic E-state index is -4.85. The lowest BCUT2D eigenvalue weighted by Gasteiger charge is -2.21.